The van der Waals surface area contributed by atoms with E-state index in [4.69, 9.17) is 5.73 Å². The van der Waals surface area contributed by atoms with Crippen LogP contribution in [0.1, 0.15) is 133 Å². The lowest BCUT2D eigenvalue weighted by atomic mass is 9.97. The first-order valence-corrected chi connectivity index (χ1v) is 22.8. The molecule has 0 radical (unpaired) electrons. The first kappa shape index (κ1) is 50.8. The second-order valence-corrected chi connectivity index (χ2v) is 16.6. The Balaban J connectivity index is 1.26. The number of hydrogen-bond acceptors (Lipinski definition) is 6. The van der Waals surface area contributed by atoms with Crippen molar-refractivity contribution in [1.82, 2.24) is 21.3 Å². The summed E-state index contributed by atoms with van der Waals surface area (Å²) in [6, 6.07) is 24.6. The van der Waals surface area contributed by atoms with Gasteiger partial charge in [0.15, 0.2) is 0 Å². The van der Waals surface area contributed by atoms with Gasteiger partial charge in [0.1, 0.15) is 24.2 Å². The largest absolute Gasteiger partial charge is 0.480 e. The predicted molar refractivity (Wildman–Crippen MR) is 244 cm³/mol. The Morgan fingerprint density at radius 3 is 1.35 bits per heavy atom. The number of carbonyl (C=O) groups excluding carboxylic acids is 5. The van der Waals surface area contributed by atoms with E-state index in [0.717, 1.165) is 93.7 Å². The van der Waals surface area contributed by atoms with Gasteiger partial charge in [-0.3, -0.25) is 24.0 Å². The van der Waals surface area contributed by atoms with Crippen LogP contribution in [0.5, 0.6) is 0 Å². The molecule has 0 aromatic heterocycles. The van der Waals surface area contributed by atoms with Gasteiger partial charge in [-0.15, -0.1) is 0 Å². The van der Waals surface area contributed by atoms with Crippen molar-refractivity contribution < 1.29 is 33.9 Å². The summed E-state index contributed by atoms with van der Waals surface area (Å²) in [4.78, 5) is 76.5. The Bertz CT molecular complexity index is 1780. The number of hydrogen-bond donors (Lipinski definition) is 6. The molecule has 0 heterocycles. The van der Waals surface area contributed by atoms with Crippen molar-refractivity contribution in [3.63, 3.8) is 0 Å². The number of carbonyl (C=O) groups is 6. The lowest BCUT2D eigenvalue weighted by Gasteiger charge is -2.26. The molecule has 0 aliphatic carbocycles. The van der Waals surface area contributed by atoms with Gasteiger partial charge in [-0.25, -0.2) is 4.79 Å². The van der Waals surface area contributed by atoms with E-state index in [-0.39, 0.29) is 30.6 Å². The lowest BCUT2D eigenvalue weighted by molar-refractivity contribution is -0.142. The average molecular weight is 854 g/mol. The van der Waals surface area contributed by atoms with E-state index in [0.29, 0.717) is 32.1 Å². The van der Waals surface area contributed by atoms with Gasteiger partial charge in [0.25, 0.3) is 0 Å². The van der Waals surface area contributed by atoms with Crippen LogP contribution in [0.3, 0.4) is 0 Å². The van der Waals surface area contributed by atoms with Gasteiger partial charge >= 0.3 is 5.97 Å². The molecule has 0 bridgehead atoms. The number of rotatable bonds is 32. The number of carboxylic acid groups (broad SMARTS) is 1. The summed E-state index contributed by atoms with van der Waals surface area (Å²) < 4.78 is 0. The lowest BCUT2D eigenvalue weighted by Crippen LogP contribution is -2.55. The molecule has 62 heavy (non-hydrogen) atoms. The number of nitrogens with two attached hydrogens (primary N) is 1. The van der Waals surface area contributed by atoms with Crippen LogP contribution in [-0.2, 0) is 48.0 Å². The molecule has 0 saturated carbocycles. The van der Waals surface area contributed by atoms with Gasteiger partial charge in [-0.1, -0.05) is 175 Å². The van der Waals surface area contributed by atoms with E-state index in [1.807, 2.05) is 105 Å². The molecule has 3 aromatic carbocycles. The first-order valence-electron chi connectivity index (χ1n) is 22.8. The highest BCUT2D eigenvalue weighted by atomic mass is 16.4. The molecule has 3 rings (SSSR count). The fourth-order valence-electron chi connectivity index (χ4n) is 7.43. The maximum Gasteiger partial charge on any atom is 0.326 e. The normalized spacial score (nSPS) is 13.5. The topological polar surface area (TPSA) is 197 Å². The van der Waals surface area contributed by atoms with E-state index < -0.39 is 47.9 Å². The number of unbranched alkanes of at least 4 members (excludes halogenated alkanes) is 11. The summed E-state index contributed by atoms with van der Waals surface area (Å²) in [5.41, 5.74) is 8.32. The van der Waals surface area contributed by atoms with Gasteiger partial charge in [-0.2, -0.15) is 0 Å². The quantitative estimate of drug-likeness (QED) is 0.0360. The van der Waals surface area contributed by atoms with Crippen molar-refractivity contribution in [2.75, 3.05) is 0 Å². The van der Waals surface area contributed by atoms with Gasteiger partial charge in [-0.05, 0) is 48.3 Å². The highest BCUT2D eigenvalue weighted by Crippen LogP contribution is 2.15. The number of aryl methyl sites for hydroxylation is 1. The molecule has 0 aliphatic heterocycles. The van der Waals surface area contributed by atoms with Crippen LogP contribution < -0.4 is 27.0 Å². The van der Waals surface area contributed by atoms with Crippen molar-refractivity contribution in [2.45, 2.75) is 160 Å². The third kappa shape index (κ3) is 20.8. The molecular weight excluding hydrogens is 783 g/mol. The minimum atomic E-state index is -1.12. The number of amides is 5. The van der Waals surface area contributed by atoms with E-state index in [1.54, 1.807) is 0 Å². The first-order chi connectivity index (χ1) is 30.0. The molecule has 338 valence electrons. The van der Waals surface area contributed by atoms with Crippen molar-refractivity contribution in [3.05, 3.63) is 108 Å². The third-order valence-electron chi connectivity index (χ3n) is 11.4. The van der Waals surface area contributed by atoms with Crippen LogP contribution in [0.15, 0.2) is 91.0 Å². The summed E-state index contributed by atoms with van der Waals surface area (Å²) >= 11 is 0. The highest BCUT2D eigenvalue weighted by Gasteiger charge is 2.30. The van der Waals surface area contributed by atoms with Crippen molar-refractivity contribution in [2.24, 2.45) is 11.7 Å². The summed E-state index contributed by atoms with van der Waals surface area (Å²) in [7, 11) is 0. The molecule has 5 atom stereocenters. The summed E-state index contributed by atoms with van der Waals surface area (Å²) in [5.74, 6) is -3.12. The number of nitrogens with one attached hydrogen (secondary N) is 4. The minimum Gasteiger partial charge on any atom is -0.480 e. The molecule has 5 amide bonds. The summed E-state index contributed by atoms with van der Waals surface area (Å²) in [6.45, 7) is 3.87. The second-order valence-electron chi connectivity index (χ2n) is 16.6. The number of benzene rings is 3. The Labute approximate surface area is 369 Å². The van der Waals surface area contributed by atoms with Gasteiger partial charge in [0.05, 0.1) is 0 Å². The molecule has 0 fully saturated rings. The Morgan fingerprint density at radius 2 is 0.919 bits per heavy atom. The molecule has 1 unspecified atom stereocenters. The fraction of sp³-hybridized carbons (Fsp3) is 0.520. The number of carboxylic acids is 1. The van der Waals surface area contributed by atoms with E-state index in [9.17, 15) is 33.9 Å². The van der Waals surface area contributed by atoms with Crippen molar-refractivity contribution in [1.29, 1.82) is 0 Å². The molecule has 7 N–H and O–H groups in total. The van der Waals surface area contributed by atoms with E-state index in [1.165, 1.54) is 0 Å². The highest BCUT2D eigenvalue weighted by molar-refractivity contribution is 5.92. The Hall–Kier alpha value is -5.52. The fourth-order valence-corrected chi connectivity index (χ4v) is 7.43. The van der Waals surface area contributed by atoms with Crippen LogP contribution in [0.25, 0.3) is 0 Å². The van der Waals surface area contributed by atoms with Crippen LogP contribution >= 0.6 is 0 Å². The van der Waals surface area contributed by atoms with Crippen LogP contribution in [-0.4, -0.2) is 64.8 Å². The summed E-state index contributed by atoms with van der Waals surface area (Å²) in [6.07, 6.45) is 14.9. The zero-order valence-corrected chi connectivity index (χ0v) is 37.0. The minimum absolute atomic E-state index is 0.112. The van der Waals surface area contributed by atoms with Crippen LogP contribution in [0.2, 0.25) is 0 Å². The Kier molecular flexibility index (Phi) is 24.3. The molecule has 0 spiro atoms. The molecule has 12 heteroatoms. The molecule has 0 aliphatic rings. The zero-order valence-electron chi connectivity index (χ0n) is 37.0. The smallest absolute Gasteiger partial charge is 0.326 e. The monoisotopic (exact) mass is 854 g/mol. The standard InChI is InChI=1S/C50H71N5O7/c1-3-37(2)46(49(60)53-42(47(51)58)35-39-27-19-15-20-28-39)55-45(57)32-24-13-11-9-7-5-4-6-8-10-12-23-31-44(56)52-41(34-33-38-25-17-14-18-26-38)48(59)54-43(50(61)62)36-40-29-21-16-22-30-40/h14-22,25-30,37,41-43,46H,3-13,23-24,31-36H2,1-2H3,(H2,51,58)(H,52,56)(H,53,60)(H,54,59)(H,55,57)(H,61,62)/t37?,41-,42-,43-,46-/m0/s1. The predicted octanol–water partition coefficient (Wildman–Crippen LogP) is 7.12. The third-order valence-corrected chi connectivity index (χ3v) is 11.4. The maximum absolute atomic E-state index is 13.3. The van der Waals surface area contributed by atoms with Crippen molar-refractivity contribution in [3.8, 4) is 0 Å². The van der Waals surface area contributed by atoms with Crippen LogP contribution in [0.4, 0.5) is 0 Å². The van der Waals surface area contributed by atoms with Gasteiger partial charge in [0.2, 0.25) is 29.5 Å². The molecule has 0 saturated heterocycles. The average Bonchev–Trinajstić information content (AvgIpc) is 3.27. The van der Waals surface area contributed by atoms with Gasteiger partial charge in [0, 0.05) is 25.7 Å². The number of aliphatic carboxylic acids is 1. The zero-order chi connectivity index (χ0) is 45.0. The van der Waals surface area contributed by atoms with Gasteiger partial charge < -0.3 is 32.1 Å². The van der Waals surface area contributed by atoms with Crippen molar-refractivity contribution >= 4 is 35.5 Å². The molecule has 3 aromatic rings. The number of primary amides is 1. The molecular formula is C50H71N5O7. The second kappa shape index (κ2) is 29.7. The van der Waals surface area contributed by atoms with E-state index in [2.05, 4.69) is 21.3 Å². The molecule has 12 nitrogen and oxygen atoms in total. The maximum atomic E-state index is 13.3. The summed E-state index contributed by atoms with van der Waals surface area (Å²) in [5, 5.41) is 21.1. The van der Waals surface area contributed by atoms with E-state index >= 15 is 0 Å². The Morgan fingerprint density at radius 1 is 0.516 bits per heavy atom. The SMILES string of the molecule is CCC(C)[C@H](NC(=O)CCCCCCCCCCCCCCC(=O)N[C@@H](CCc1ccccc1)C(=O)N[C@@H](Cc1ccccc1)C(=O)O)C(=O)N[C@@H](Cc1ccccc1)C(N)=O. The van der Waals surface area contributed by atoms with Crippen LogP contribution in [0, 0.1) is 5.92 Å².